The van der Waals surface area contributed by atoms with E-state index in [0.717, 1.165) is 22.4 Å². The molecule has 0 saturated carbocycles. The van der Waals surface area contributed by atoms with Crippen LogP contribution in [-0.2, 0) is 21.7 Å². The SMILES string of the molecule is CN1C(=O)[C@]2(c3cc(Cl)ccc31)N(C)C[C@H](c1cccnc1)[C@@]21SC(=S)N(Cc2ccccc2)C1=O. The van der Waals surface area contributed by atoms with E-state index in [1.807, 2.05) is 66.5 Å². The van der Waals surface area contributed by atoms with Crippen LogP contribution in [0.15, 0.2) is 73.1 Å². The van der Waals surface area contributed by atoms with Gasteiger partial charge in [0, 0.05) is 48.2 Å². The summed E-state index contributed by atoms with van der Waals surface area (Å²) in [5, 5.41) is 0.517. The normalized spacial score (nSPS) is 27.6. The number of fused-ring (bicyclic) bond motifs is 3. The number of amides is 2. The van der Waals surface area contributed by atoms with E-state index in [0.29, 0.717) is 22.4 Å². The quantitative estimate of drug-likeness (QED) is 0.463. The predicted octanol–water partition coefficient (Wildman–Crippen LogP) is 4.44. The second-order valence-corrected chi connectivity index (χ2v) is 11.8. The zero-order valence-corrected chi connectivity index (χ0v) is 22.1. The third-order valence-corrected chi connectivity index (χ3v) is 9.86. The lowest BCUT2D eigenvalue weighted by Gasteiger charge is -2.42. The Hall–Kier alpha value is -2.78. The van der Waals surface area contributed by atoms with Gasteiger partial charge < -0.3 is 4.90 Å². The summed E-state index contributed by atoms with van der Waals surface area (Å²) in [6, 6.07) is 19.1. The first-order valence-corrected chi connectivity index (χ1v) is 13.2. The van der Waals surface area contributed by atoms with E-state index in [9.17, 15) is 9.59 Å². The van der Waals surface area contributed by atoms with Gasteiger partial charge in [-0.05, 0) is 42.4 Å². The fourth-order valence-corrected chi connectivity index (χ4v) is 8.45. The summed E-state index contributed by atoms with van der Waals surface area (Å²) < 4.78 is -0.754. The number of likely N-dealkylation sites (tertiary alicyclic amines) is 1. The number of thiocarbonyl (C=S) groups is 1. The highest BCUT2D eigenvalue weighted by Crippen LogP contribution is 2.66. The van der Waals surface area contributed by atoms with Gasteiger partial charge in [0.2, 0.25) is 5.91 Å². The minimum atomic E-state index is -1.28. The highest BCUT2D eigenvalue weighted by molar-refractivity contribution is 8.25. The molecule has 2 aromatic carbocycles. The molecule has 0 bridgehead atoms. The number of hydrogen-bond acceptors (Lipinski definition) is 6. The fraction of sp³-hybridized carbons (Fsp3) is 0.259. The van der Waals surface area contributed by atoms with Crippen molar-refractivity contribution in [3.8, 4) is 0 Å². The lowest BCUT2D eigenvalue weighted by Crippen LogP contribution is -2.62. The van der Waals surface area contributed by atoms with Gasteiger partial charge in [-0.2, -0.15) is 0 Å². The summed E-state index contributed by atoms with van der Waals surface area (Å²) in [5.41, 5.74) is 2.09. The van der Waals surface area contributed by atoms with Crippen LogP contribution in [0.4, 0.5) is 5.69 Å². The van der Waals surface area contributed by atoms with Gasteiger partial charge in [-0.15, -0.1) is 0 Å². The van der Waals surface area contributed by atoms with Gasteiger partial charge >= 0.3 is 0 Å². The van der Waals surface area contributed by atoms with Crippen LogP contribution in [0.25, 0.3) is 0 Å². The van der Waals surface area contributed by atoms with E-state index in [-0.39, 0.29) is 17.7 Å². The van der Waals surface area contributed by atoms with Gasteiger partial charge in [0.15, 0.2) is 5.54 Å². The average Bonchev–Trinajstić information content (AvgIpc) is 3.38. The molecule has 2 spiro atoms. The molecule has 1 aromatic heterocycles. The Kier molecular flexibility index (Phi) is 5.50. The zero-order chi connectivity index (χ0) is 25.2. The Morgan fingerprint density at radius 2 is 1.86 bits per heavy atom. The zero-order valence-electron chi connectivity index (χ0n) is 19.7. The van der Waals surface area contributed by atoms with Crippen molar-refractivity contribution in [3.05, 3.63) is 94.8 Å². The summed E-state index contributed by atoms with van der Waals surface area (Å²) in [6.45, 7) is 0.830. The van der Waals surface area contributed by atoms with Crippen LogP contribution in [-0.4, -0.2) is 56.3 Å². The Labute approximate surface area is 224 Å². The highest BCUT2D eigenvalue weighted by Gasteiger charge is 2.78. The minimum absolute atomic E-state index is 0.154. The van der Waals surface area contributed by atoms with E-state index in [1.54, 1.807) is 35.3 Å². The number of halogens is 1. The third-order valence-electron chi connectivity index (χ3n) is 7.68. The van der Waals surface area contributed by atoms with Gasteiger partial charge in [0.05, 0.1) is 6.54 Å². The Morgan fingerprint density at radius 3 is 2.58 bits per heavy atom. The van der Waals surface area contributed by atoms with E-state index >= 15 is 0 Å². The number of pyridine rings is 1. The van der Waals surface area contributed by atoms with E-state index < -0.39 is 10.3 Å². The van der Waals surface area contributed by atoms with Crippen molar-refractivity contribution in [3.63, 3.8) is 0 Å². The number of benzene rings is 2. The van der Waals surface area contributed by atoms with Crippen molar-refractivity contribution in [2.45, 2.75) is 22.7 Å². The molecule has 6 rings (SSSR count). The van der Waals surface area contributed by atoms with Gasteiger partial charge in [-0.25, -0.2) is 0 Å². The van der Waals surface area contributed by atoms with Crippen molar-refractivity contribution >= 4 is 57.4 Å². The second-order valence-electron chi connectivity index (χ2n) is 9.44. The van der Waals surface area contributed by atoms with Crippen molar-refractivity contribution in [1.82, 2.24) is 14.8 Å². The number of carbonyl (C=O) groups is 2. The molecule has 0 unspecified atom stereocenters. The molecule has 3 aliphatic rings. The van der Waals surface area contributed by atoms with Crippen molar-refractivity contribution < 1.29 is 9.59 Å². The minimum Gasteiger partial charge on any atom is -0.313 e. The van der Waals surface area contributed by atoms with Crippen LogP contribution in [0, 0.1) is 0 Å². The number of carbonyl (C=O) groups excluding carboxylic acids is 2. The summed E-state index contributed by atoms with van der Waals surface area (Å²) in [7, 11) is 3.67. The van der Waals surface area contributed by atoms with Crippen LogP contribution in [0.5, 0.6) is 0 Å². The monoisotopic (exact) mass is 534 g/mol. The fourth-order valence-electron chi connectivity index (χ4n) is 6.15. The molecule has 0 N–H and O–H groups in total. The predicted molar refractivity (Wildman–Crippen MR) is 146 cm³/mol. The van der Waals surface area contributed by atoms with Crippen LogP contribution in [0.3, 0.4) is 0 Å². The smallest absolute Gasteiger partial charge is 0.254 e. The molecule has 3 aliphatic heterocycles. The molecule has 3 atom stereocenters. The first-order valence-electron chi connectivity index (χ1n) is 11.6. The van der Waals surface area contributed by atoms with Gasteiger partial charge in [-0.3, -0.25) is 24.4 Å². The first kappa shape index (κ1) is 23.6. The maximum Gasteiger partial charge on any atom is 0.254 e. The summed E-state index contributed by atoms with van der Waals surface area (Å²) >= 11 is 13.7. The second kappa shape index (κ2) is 8.38. The molecule has 9 heteroatoms. The van der Waals surface area contributed by atoms with Gasteiger partial charge in [0.25, 0.3) is 5.91 Å². The first-order chi connectivity index (χ1) is 17.3. The maximum atomic E-state index is 14.7. The molecular formula is C27H23ClN4O2S2. The Balaban J connectivity index is 1.60. The lowest BCUT2D eigenvalue weighted by molar-refractivity contribution is -0.139. The Bertz CT molecular complexity index is 1410. The largest absolute Gasteiger partial charge is 0.313 e. The maximum absolute atomic E-state index is 14.7. The van der Waals surface area contributed by atoms with Crippen molar-refractivity contribution in [2.24, 2.45) is 0 Å². The number of hydrogen-bond donors (Lipinski definition) is 0. The van der Waals surface area contributed by atoms with Crippen LogP contribution < -0.4 is 4.90 Å². The number of thioether (sulfide) groups is 1. The number of nitrogens with zero attached hydrogens (tertiary/aromatic N) is 4. The molecule has 0 aliphatic carbocycles. The summed E-state index contributed by atoms with van der Waals surface area (Å²) in [6.07, 6.45) is 3.50. The number of rotatable bonds is 3. The Morgan fingerprint density at radius 1 is 1.08 bits per heavy atom. The van der Waals surface area contributed by atoms with Crippen LogP contribution in [0.1, 0.15) is 22.6 Å². The third kappa shape index (κ3) is 2.96. The van der Waals surface area contributed by atoms with Gasteiger partial charge in [-0.1, -0.05) is 72.0 Å². The average molecular weight is 535 g/mol. The topological polar surface area (TPSA) is 56.8 Å². The lowest BCUT2D eigenvalue weighted by atomic mass is 9.72. The van der Waals surface area contributed by atoms with Crippen molar-refractivity contribution in [1.29, 1.82) is 0 Å². The van der Waals surface area contributed by atoms with E-state index in [1.165, 1.54) is 11.8 Å². The van der Waals surface area contributed by atoms with Crippen LogP contribution >= 0.6 is 35.6 Å². The highest BCUT2D eigenvalue weighted by atomic mass is 35.5. The molecule has 4 heterocycles. The summed E-state index contributed by atoms with van der Waals surface area (Å²) in [5.74, 6) is -0.636. The number of likely N-dealkylation sites (N-methyl/N-ethyl adjacent to an activating group) is 2. The molecule has 182 valence electrons. The molecule has 2 saturated heterocycles. The molecule has 2 amide bonds. The van der Waals surface area contributed by atoms with Crippen LogP contribution in [0.2, 0.25) is 5.02 Å². The summed E-state index contributed by atoms with van der Waals surface area (Å²) in [4.78, 5) is 38.8. The molecule has 36 heavy (non-hydrogen) atoms. The number of aromatic nitrogens is 1. The molecular weight excluding hydrogens is 512 g/mol. The van der Waals surface area contributed by atoms with Gasteiger partial charge in [0.1, 0.15) is 9.07 Å². The number of anilines is 1. The van der Waals surface area contributed by atoms with E-state index in [4.69, 9.17) is 23.8 Å². The van der Waals surface area contributed by atoms with Crippen molar-refractivity contribution in [2.75, 3.05) is 25.5 Å². The molecule has 3 aromatic rings. The van der Waals surface area contributed by atoms with E-state index in [2.05, 4.69) is 4.98 Å². The molecule has 2 fully saturated rings. The molecule has 6 nitrogen and oxygen atoms in total. The molecule has 0 radical (unpaired) electrons. The standard InChI is InChI=1S/C27H23ClN4O2S2/c1-30-16-21(18-9-6-12-29-14-18)27(24(34)32(25(35)36-27)15-17-7-4-3-5-8-17)26(30)20-13-19(28)10-11-22(20)31(2)23(26)33/h3-14,21H,15-16H2,1-2H3/t21-,26+,27+/m1/s1.